The normalized spacial score (nSPS) is 11.4. The van der Waals surface area contributed by atoms with Crippen molar-refractivity contribution in [3.8, 4) is 12.3 Å². The van der Waals surface area contributed by atoms with Gasteiger partial charge in [-0.1, -0.05) is 17.7 Å². The number of hydrogen-bond donors (Lipinski definition) is 2. The molecule has 3 N–H and O–H groups in total. The average molecular weight is 260 g/mol. The number of aliphatic carboxylic acids is 1. The number of benzene rings is 1. The van der Waals surface area contributed by atoms with Gasteiger partial charge in [-0.05, 0) is 19.1 Å². The Morgan fingerprint density at radius 3 is 2.47 bits per heavy atom. The molecule has 1 aromatic carbocycles. The number of carboxylic acid groups (broad SMARTS) is 1. The van der Waals surface area contributed by atoms with Crippen LogP contribution in [-0.4, -0.2) is 29.6 Å². The standard InChI is InChI=1S/C14H16N2O3/c1-3-4-12(15)14(19)16(9-13(17)18)11-7-5-10(2)6-8-11/h1,5-8,12H,4,9,15H2,2H3,(H,17,18). The number of terminal acetylenes is 1. The zero-order valence-electron chi connectivity index (χ0n) is 10.7. The molecule has 19 heavy (non-hydrogen) atoms. The van der Waals surface area contributed by atoms with Crippen LogP contribution in [0.4, 0.5) is 5.69 Å². The molecule has 1 amide bonds. The lowest BCUT2D eigenvalue weighted by Gasteiger charge is -2.23. The van der Waals surface area contributed by atoms with Crippen molar-refractivity contribution in [2.45, 2.75) is 19.4 Å². The minimum atomic E-state index is -1.11. The highest BCUT2D eigenvalue weighted by atomic mass is 16.4. The second-order valence-electron chi connectivity index (χ2n) is 4.17. The van der Waals surface area contributed by atoms with Gasteiger partial charge in [-0.2, -0.15) is 0 Å². The van der Waals surface area contributed by atoms with Gasteiger partial charge in [0.05, 0.1) is 6.04 Å². The fraction of sp³-hybridized carbons (Fsp3) is 0.286. The van der Waals surface area contributed by atoms with Crippen LogP contribution in [0, 0.1) is 19.3 Å². The molecule has 0 aliphatic heterocycles. The number of nitrogens with two attached hydrogens (primary N) is 1. The number of rotatable bonds is 5. The van der Waals surface area contributed by atoms with Crippen LogP contribution in [0.3, 0.4) is 0 Å². The summed E-state index contributed by atoms with van der Waals surface area (Å²) in [7, 11) is 0. The molecule has 0 aromatic heterocycles. The van der Waals surface area contributed by atoms with E-state index in [1.165, 1.54) is 0 Å². The maximum Gasteiger partial charge on any atom is 0.323 e. The summed E-state index contributed by atoms with van der Waals surface area (Å²) in [6, 6.07) is 6.05. The maximum atomic E-state index is 12.1. The Morgan fingerprint density at radius 1 is 1.42 bits per heavy atom. The van der Waals surface area contributed by atoms with Gasteiger partial charge in [-0.15, -0.1) is 12.3 Å². The summed E-state index contributed by atoms with van der Waals surface area (Å²) < 4.78 is 0. The molecule has 0 aliphatic carbocycles. The van der Waals surface area contributed by atoms with Crippen LogP contribution < -0.4 is 10.6 Å². The lowest BCUT2D eigenvalue weighted by atomic mass is 10.1. The third kappa shape index (κ3) is 4.12. The molecule has 0 fully saturated rings. The summed E-state index contributed by atoms with van der Waals surface area (Å²) in [6.45, 7) is 1.46. The van der Waals surface area contributed by atoms with E-state index in [9.17, 15) is 9.59 Å². The fourth-order valence-electron chi connectivity index (χ4n) is 1.57. The van der Waals surface area contributed by atoms with E-state index < -0.39 is 24.5 Å². The summed E-state index contributed by atoms with van der Waals surface area (Å²) >= 11 is 0. The number of aryl methyl sites for hydroxylation is 1. The summed E-state index contributed by atoms with van der Waals surface area (Å²) in [5, 5.41) is 8.89. The number of carbonyl (C=O) groups is 2. The lowest BCUT2D eigenvalue weighted by molar-refractivity contribution is -0.136. The highest BCUT2D eigenvalue weighted by Crippen LogP contribution is 2.16. The first kappa shape index (κ1) is 14.7. The van der Waals surface area contributed by atoms with Gasteiger partial charge in [-0.25, -0.2) is 0 Å². The second kappa shape index (κ2) is 6.57. The minimum absolute atomic E-state index is 0.0703. The Labute approximate surface area is 112 Å². The molecule has 0 radical (unpaired) electrons. The number of carbonyl (C=O) groups excluding carboxylic acids is 1. The summed E-state index contributed by atoms with van der Waals surface area (Å²) in [4.78, 5) is 24.1. The molecular formula is C14H16N2O3. The van der Waals surface area contributed by atoms with E-state index in [-0.39, 0.29) is 6.42 Å². The Morgan fingerprint density at radius 2 is 2.00 bits per heavy atom. The van der Waals surface area contributed by atoms with E-state index in [1.54, 1.807) is 24.3 Å². The molecule has 0 bridgehead atoms. The first-order valence-electron chi connectivity index (χ1n) is 5.74. The SMILES string of the molecule is C#CCC(N)C(=O)N(CC(=O)O)c1ccc(C)cc1. The number of hydrogen-bond acceptors (Lipinski definition) is 3. The molecule has 0 saturated heterocycles. The zero-order chi connectivity index (χ0) is 14.4. The summed E-state index contributed by atoms with van der Waals surface area (Å²) in [5.74, 6) is 0.692. The van der Waals surface area contributed by atoms with Gasteiger partial charge in [0, 0.05) is 12.1 Å². The Kier molecular flexibility index (Phi) is 5.10. The van der Waals surface area contributed by atoms with Crippen LogP contribution in [-0.2, 0) is 9.59 Å². The van der Waals surface area contributed by atoms with E-state index >= 15 is 0 Å². The van der Waals surface area contributed by atoms with Crippen molar-refractivity contribution in [2.75, 3.05) is 11.4 Å². The van der Waals surface area contributed by atoms with Crippen LogP contribution in [0.2, 0.25) is 0 Å². The summed E-state index contributed by atoms with van der Waals surface area (Å²) in [5.41, 5.74) is 7.15. The number of carboxylic acids is 1. The highest BCUT2D eigenvalue weighted by molar-refractivity contribution is 6.00. The van der Waals surface area contributed by atoms with Gasteiger partial charge in [-0.3, -0.25) is 14.5 Å². The van der Waals surface area contributed by atoms with Gasteiger partial charge in [0.25, 0.3) is 0 Å². The smallest absolute Gasteiger partial charge is 0.323 e. The maximum absolute atomic E-state index is 12.1. The molecular weight excluding hydrogens is 244 g/mol. The molecule has 1 atom stereocenters. The molecule has 1 unspecified atom stereocenters. The van der Waals surface area contributed by atoms with Crippen molar-refractivity contribution in [2.24, 2.45) is 5.73 Å². The van der Waals surface area contributed by atoms with Crippen molar-refractivity contribution < 1.29 is 14.7 Å². The number of amides is 1. The molecule has 5 heteroatoms. The Hall–Kier alpha value is -2.32. The largest absolute Gasteiger partial charge is 0.480 e. The quantitative estimate of drug-likeness (QED) is 0.766. The van der Waals surface area contributed by atoms with Crippen molar-refractivity contribution in [1.29, 1.82) is 0 Å². The molecule has 0 heterocycles. The Balaban J connectivity index is 3.01. The lowest BCUT2D eigenvalue weighted by Crippen LogP contribution is -2.46. The van der Waals surface area contributed by atoms with Crippen molar-refractivity contribution in [3.63, 3.8) is 0 Å². The molecule has 100 valence electrons. The molecule has 1 aromatic rings. The van der Waals surface area contributed by atoms with Crippen molar-refractivity contribution >= 4 is 17.6 Å². The zero-order valence-corrected chi connectivity index (χ0v) is 10.7. The second-order valence-corrected chi connectivity index (χ2v) is 4.17. The third-order valence-electron chi connectivity index (χ3n) is 2.56. The van der Waals surface area contributed by atoms with Gasteiger partial charge in [0.15, 0.2) is 0 Å². The predicted octanol–water partition coefficient (Wildman–Crippen LogP) is 0.763. The molecule has 0 spiro atoms. The Bertz CT molecular complexity index is 502. The first-order valence-corrected chi connectivity index (χ1v) is 5.74. The highest BCUT2D eigenvalue weighted by Gasteiger charge is 2.23. The van der Waals surface area contributed by atoms with Gasteiger partial charge >= 0.3 is 5.97 Å². The molecule has 1 rings (SSSR count). The summed E-state index contributed by atoms with van der Waals surface area (Å²) in [6.07, 6.45) is 5.18. The third-order valence-corrected chi connectivity index (χ3v) is 2.56. The van der Waals surface area contributed by atoms with E-state index in [2.05, 4.69) is 5.92 Å². The van der Waals surface area contributed by atoms with Crippen LogP contribution in [0.15, 0.2) is 24.3 Å². The molecule has 0 aliphatic rings. The van der Waals surface area contributed by atoms with E-state index in [4.69, 9.17) is 17.3 Å². The first-order chi connectivity index (χ1) is 8.95. The van der Waals surface area contributed by atoms with Crippen LogP contribution in [0.25, 0.3) is 0 Å². The van der Waals surface area contributed by atoms with Crippen LogP contribution in [0.5, 0.6) is 0 Å². The van der Waals surface area contributed by atoms with Crippen LogP contribution in [0.1, 0.15) is 12.0 Å². The minimum Gasteiger partial charge on any atom is -0.480 e. The fourth-order valence-corrected chi connectivity index (χ4v) is 1.57. The van der Waals surface area contributed by atoms with Gasteiger partial charge < -0.3 is 10.8 Å². The van der Waals surface area contributed by atoms with Crippen molar-refractivity contribution in [3.05, 3.63) is 29.8 Å². The van der Waals surface area contributed by atoms with E-state index in [1.807, 2.05) is 6.92 Å². The van der Waals surface area contributed by atoms with E-state index in [0.717, 1.165) is 10.5 Å². The van der Waals surface area contributed by atoms with Gasteiger partial charge in [0.1, 0.15) is 6.54 Å². The molecule has 5 nitrogen and oxygen atoms in total. The molecule has 0 saturated carbocycles. The number of anilines is 1. The predicted molar refractivity (Wildman–Crippen MR) is 72.6 cm³/mol. The number of nitrogens with zero attached hydrogens (tertiary/aromatic N) is 1. The monoisotopic (exact) mass is 260 g/mol. The van der Waals surface area contributed by atoms with E-state index in [0.29, 0.717) is 5.69 Å². The topological polar surface area (TPSA) is 83.6 Å². The van der Waals surface area contributed by atoms with Crippen molar-refractivity contribution in [1.82, 2.24) is 0 Å². The van der Waals surface area contributed by atoms with Crippen LogP contribution >= 0.6 is 0 Å². The van der Waals surface area contributed by atoms with Gasteiger partial charge in [0.2, 0.25) is 5.91 Å². The average Bonchev–Trinajstić information content (AvgIpc) is 2.36.